The van der Waals surface area contributed by atoms with Crippen LogP contribution < -0.4 is 9.64 Å². The molecule has 9 heteroatoms. The molecular formula is C20H16FN3O4S. The van der Waals surface area contributed by atoms with Gasteiger partial charge < -0.3 is 14.7 Å². The van der Waals surface area contributed by atoms with Crippen LogP contribution in [0, 0.1) is 5.82 Å². The summed E-state index contributed by atoms with van der Waals surface area (Å²) < 4.78 is 23.0. The molecule has 148 valence electrons. The number of carbonyl (C=O) groups is 2. The van der Waals surface area contributed by atoms with Gasteiger partial charge in [0.25, 0.3) is 0 Å². The molecule has 0 aliphatic carbocycles. The van der Waals surface area contributed by atoms with Crippen LogP contribution in [-0.4, -0.2) is 40.0 Å². The SMILES string of the molecule is O=Cc1cc(-c2nc(-c3ccc(N4CCCC4)cc3)ns2)cc(F)c1OC(=O)O. The lowest BCUT2D eigenvalue weighted by Gasteiger charge is -2.17. The number of aldehydes is 1. The van der Waals surface area contributed by atoms with Crippen molar-refractivity contribution in [2.75, 3.05) is 18.0 Å². The Hall–Kier alpha value is -3.33. The summed E-state index contributed by atoms with van der Waals surface area (Å²) in [6, 6.07) is 10.4. The number of carbonyl (C=O) groups excluding carboxylic acids is 1. The van der Waals surface area contributed by atoms with Crippen molar-refractivity contribution in [3.63, 3.8) is 0 Å². The number of hydrogen-bond acceptors (Lipinski definition) is 7. The molecule has 1 aromatic heterocycles. The first-order valence-corrected chi connectivity index (χ1v) is 9.71. The van der Waals surface area contributed by atoms with Crippen molar-refractivity contribution in [1.29, 1.82) is 0 Å². The summed E-state index contributed by atoms with van der Waals surface area (Å²) in [6.07, 6.45) is 1.04. The average molecular weight is 413 g/mol. The van der Waals surface area contributed by atoms with E-state index in [0.717, 1.165) is 41.9 Å². The largest absolute Gasteiger partial charge is 0.511 e. The van der Waals surface area contributed by atoms with Gasteiger partial charge in [0.05, 0.1) is 5.56 Å². The predicted octanol–water partition coefficient (Wildman–Crippen LogP) is 4.48. The van der Waals surface area contributed by atoms with Gasteiger partial charge in [-0.3, -0.25) is 4.79 Å². The highest BCUT2D eigenvalue weighted by Gasteiger charge is 2.18. The van der Waals surface area contributed by atoms with Crippen molar-refractivity contribution >= 4 is 29.7 Å². The molecule has 0 saturated carbocycles. The molecule has 0 unspecified atom stereocenters. The maximum atomic E-state index is 14.3. The van der Waals surface area contributed by atoms with E-state index in [4.69, 9.17) is 5.11 Å². The Labute approximate surface area is 169 Å². The minimum atomic E-state index is -1.70. The third-order valence-electron chi connectivity index (χ3n) is 4.66. The molecule has 0 bridgehead atoms. The second kappa shape index (κ2) is 7.96. The van der Waals surface area contributed by atoms with E-state index < -0.39 is 17.7 Å². The molecule has 1 saturated heterocycles. The Morgan fingerprint density at radius 2 is 1.90 bits per heavy atom. The Morgan fingerprint density at radius 1 is 1.17 bits per heavy atom. The fourth-order valence-electron chi connectivity index (χ4n) is 3.28. The van der Waals surface area contributed by atoms with E-state index in [1.54, 1.807) is 0 Å². The highest BCUT2D eigenvalue weighted by molar-refractivity contribution is 7.09. The molecule has 1 N–H and O–H groups in total. The van der Waals surface area contributed by atoms with Crippen LogP contribution in [0.25, 0.3) is 22.0 Å². The quantitative estimate of drug-likeness (QED) is 0.374. The minimum absolute atomic E-state index is 0.214. The molecule has 7 nitrogen and oxygen atoms in total. The first-order chi connectivity index (χ1) is 14.0. The van der Waals surface area contributed by atoms with E-state index in [0.29, 0.717) is 22.7 Å². The minimum Gasteiger partial charge on any atom is -0.449 e. The first kappa shape index (κ1) is 19.0. The lowest BCUT2D eigenvalue weighted by molar-refractivity contribution is 0.111. The third-order valence-corrected chi connectivity index (χ3v) is 5.42. The number of carboxylic acid groups (broad SMARTS) is 1. The Kier molecular flexibility index (Phi) is 5.22. The lowest BCUT2D eigenvalue weighted by atomic mass is 10.1. The number of nitrogens with zero attached hydrogens (tertiary/aromatic N) is 3. The predicted molar refractivity (Wildman–Crippen MR) is 106 cm³/mol. The van der Waals surface area contributed by atoms with E-state index in [2.05, 4.69) is 19.0 Å². The van der Waals surface area contributed by atoms with Gasteiger partial charge in [-0.05, 0) is 60.8 Å². The molecule has 1 aliphatic heterocycles. The van der Waals surface area contributed by atoms with Crippen LogP contribution >= 0.6 is 11.5 Å². The molecular weight excluding hydrogens is 397 g/mol. The van der Waals surface area contributed by atoms with Gasteiger partial charge in [-0.15, -0.1) is 0 Å². The summed E-state index contributed by atoms with van der Waals surface area (Å²) in [5.74, 6) is -1.09. The fourth-order valence-corrected chi connectivity index (χ4v) is 3.95. The van der Waals surface area contributed by atoms with Gasteiger partial charge >= 0.3 is 6.16 Å². The summed E-state index contributed by atoms with van der Waals surface area (Å²) in [5, 5.41) is 9.10. The maximum absolute atomic E-state index is 14.3. The number of halogens is 1. The van der Waals surface area contributed by atoms with Gasteiger partial charge in [-0.1, -0.05) is 0 Å². The Morgan fingerprint density at radius 3 is 2.55 bits per heavy atom. The molecule has 0 radical (unpaired) electrons. The summed E-state index contributed by atoms with van der Waals surface area (Å²) in [5.41, 5.74) is 2.10. The van der Waals surface area contributed by atoms with E-state index in [1.165, 1.54) is 18.9 Å². The molecule has 0 amide bonds. The van der Waals surface area contributed by atoms with Crippen LogP contribution in [0.1, 0.15) is 23.2 Å². The van der Waals surface area contributed by atoms with Gasteiger partial charge in [0.15, 0.2) is 23.7 Å². The summed E-state index contributed by atoms with van der Waals surface area (Å²) >= 11 is 1.06. The summed E-state index contributed by atoms with van der Waals surface area (Å²) in [7, 11) is 0. The zero-order valence-corrected chi connectivity index (χ0v) is 16.0. The highest BCUT2D eigenvalue weighted by atomic mass is 32.1. The maximum Gasteiger partial charge on any atom is 0.511 e. The fraction of sp³-hybridized carbons (Fsp3) is 0.200. The standard InChI is InChI=1S/C20H16FN3O4S/c21-16-10-13(9-14(11-25)17(16)28-20(26)27)19-22-18(23-29-19)12-3-5-15(6-4-12)24-7-1-2-8-24/h3-6,9-11H,1-2,7-8H2,(H,26,27). The van der Waals surface area contributed by atoms with Gasteiger partial charge in [-0.2, -0.15) is 4.37 Å². The highest BCUT2D eigenvalue weighted by Crippen LogP contribution is 2.32. The average Bonchev–Trinajstić information content (AvgIpc) is 3.41. The van der Waals surface area contributed by atoms with Crippen molar-refractivity contribution in [2.24, 2.45) is 0 Å². The molecule has 1 fully saturated rings. The van der Waals surface area contributed by atoms with Gasteiger partial charge in [0.2, 0.25) is 0 Å². The van der Waals surface area contributed by atoms with Crippen LogP contribution in [-0.2, 0) is 0 Å². The Balaban J connectivity index is 1.61. The topological polar surface area (TPSA) is 92.6 Å². The molecule has 2 aromatic carbocycles. The monoisotopic (exact) mass is 413 g/mol. The number of hydrogen-bond donors (Lipinski definition) is 1. The van der Waals surface area contributed by atoms with Gasteiger partial charge in [-0.25, -0.2) is 14.2 Å². The molecule has 0 spiro atoms. The van der Waals surface area contributed by atoms with E-state index >= 15 is 0 Å². The third kappa shape index (κ3) is 3.95. The van der Waals surface area contributed by atoms with Crippen molar-refractivity contribution in [3.05, 3.63) is 47.8 Å². The summed E-state index contributed by atoms with van der Waals surface area (Å²) in [4.78, 5) is 28.7. The van der Waals surface area contributed by atoms with Crippen molar-refractivity contribution < 1.29 is 23.8 Å². The van der Waals surface area contributed by atoms with Crippen molar-refractivity contribution in [2.45, 2.75) is 12.8 Å². The number of ether oxygens (including phenoxy) is 1. The molecule has 0 atom stereocenters. The first-order valence-electron chi connectivity index (χ1n) is 8.94. The lowest BCUT2D eigenvalue weighted by Crippen LogP contribution is -2.17. The molecule has 29 heavy (non-hydrogen) atoms. The van der Waals surface area contributed by atoms with E-state index in [1.807, 2.05) is 24.3 Å². The van der Waals surface area contributed by atoms with E-state index in [9.17, 15) is 14.0 Å². The number of benzene rings is 2. The second-order valence-electron chi connectivity index (χ2n) is 6.53. The normalized spacial score (nSPS) is 13.5. The number of anilines is 1. The smallest absolute Gasteiger partial charge is 0.449 e. The number of aromatic nitrogens is 2. The molecule has 2 heterocycles. The number of rotatable bonds is 5. The molecule has 4 rings (SSSR count). The van der Waals surface area contributed by atoms with Gasteiger partial charge in [0.1, 0.15) is 5.01 Å². The zero-order valence-electron chi connectivity index (χ0n) is 15.2. The van der Waals surface area contributed by atoms with Crippen LogP contribution in [0.4, 0.5) is 14.9 Å². The van der Waals surface area contributed by atoms with Crippen LogP contribution in [0.5, 0.6) is 5.75 Å². The van der Waals surface area contributed by atoms with Crippen molar-refractivity contribution in [1.82, 2.24) is 9.36 Å². The molecule has 1 aliphatic rings. The van der Waals surface area contributed by atoms with E-state index in [-0.39, 0.29) is 5.56 Å². The van der Waals surface area contributed by atoms with Crippen LogP contribution in [0.3, 0.4) is 0 Å². The summed E-state index contributed by atoms with van der Waals surface area (Å²) in [6.45, 7) is 2.12. The Bertz CT molecular complexity index is 1060. The van der Waals surface area contributed by atoms with Crippen LogP contribution in [0.15, 0.2) is 36.4 Å². The molecule has 3 aromatic rings. The van der Waals surface area contributed by atoms with Gasteiger partial charge in [0, 0.05) is 29.9 Å². The van der Waals surface area contributed by atoms with Crippen molar-refractivity contribution in [3.8, 4) is 27.7 Å². The zero-order chi connectivity index (χ0) is 20.4. The second-order valence-corrected chi connectivity index (χ2v) is 7.28. The van der Waals surface area contributed by atoms with Crippen LogP contribution in [0.2, 0.25) is 0 Å².